The van der Waals surface area contributed by atoms with Crippen molar-refractivity contribution in [2.24, 2.45) is 0 Å². The first-order valence-corrected chi connectivity index (χ1v) is 6.27. The van der Waals surface area contributed by atoms with Gasteiger partial charge in [0.05, 0.1) is 17.6 Å². The van der Waals surface area contributed by atoms with Crippen LogP contribution in [0.3, 0.4) is 0 Å². The molecular weight excluding hydrogens is 274 g/mol. The SMILES string of the molecule is CCCCOc1cc([N+](=O)[O-])ccc1CBr. The highest BCUT2D eigenvalue weighted by Crippen LogP contribution is 2.26. The van der Waals surface area contributed by atoms with E-state index in [1.165, 1.54) is 12.1 Å². The summed E-state index contributed by atoms with van der Waals surface area (Å²) in [4.78, 5) is 10.2. The first kappa shape index (κ1) is 13.0. The molecule has 5 heteroatoms. The van der Waals surface area contributed by atoms with E-state index in [4.69, 9.17) is 4.74 Å². The Hall–Kier alpha value is -1.10. The van der Waals surface area contributed by atoms with E-state index < -0.39 is 4.92 Å². The lowest BCUT2D eigenvalue weighted by Gasteiger charge is -2.09. The fourth-order valence-electron chi connectivity index (χ4n) is 1.23. The predicted octanol–water partition coefficient (Wildman–Crippen LogP) is 3.67. The van der Waals surface area contributed by atoms with Crippen LogP contribution in [0.1, 0.15) is 25.3 Å². The van der Waals surface area contributed by atoms with Gasteiger partial charge < -0.3 is 4.74 Å². The van der Waals surface area contributed by atoms with E-state index in [1.54, 1.807) is 6.07 Å². The van der Waals surface area contributed by atoms with Crippen LogP contribution in [-0.2, 0) is 5.33 Å². The van der Waals surface area contributed by atoms with E-state index in [1.807, 2.05) is 0 Å². The maximum atomic E-state index is 10.6. The van der Waals surface area contributed by atoms with Gasteiger partial charge in [-0.2, -0.15) is 0 Å². The van der Waals surface area contributed by atoms with Gasteiger partial charge >= 0.3 is 0 Å². The number of ether oxygens (including phenoxy) is 1. The molecule has 88 valence electrons. The molecule has 0 amide bonds. The van der Waals surface area contributed by atoms with Crippen molar-refractivity contribution in [3.05, 3.63) is 33.9 Å². The third kappa shape index (κ3) is 3.48. The number of nitro groups is 1. The lowest BCUT2D eigenvalue weighted by molar-refractivity contribution is -0.384. The van der Waals surface area contributed by atoms with E-state index in [0.717, 1.165) is 18.4 Å². The van der Waals surface area contributed by atoms with Crippen molar-refractivity contribution in [2.45, 2.75) is 25.1 Å². The zero-order valence-electron chi connectivity index (χ0n) is 9.11. The number of unbranched alkanes of at least 4 members (excludes halogenated alkanes) is 1. The molecule has 0 aromatic heterocycles. The van der Waals surface area contributed by atoms with Crippen LogP contribution in [0.4, 0.5) is 5.69 Å². The molecule has 16 heavy (non-hydrogen) atoms. The van der Waals surface area contributed by atoms with Crippen molar-refractivity contribution in [2.75, 3.05) is 6.61 Å². The number of nitro benzene ring substituents is 1. The molecule has 0 fully saturated rings. The van der Waals surface area contributed by atoms with E-state index in [2.05, 4.69) is 22.9 Å². The molecule has 0 aliphatic carbocycles. The van der Waals surface area contributed by atoms with Crippen LogP contribution in [0.15, 0.2) is 18.2 Å². The summed E-state index contributed by atoms with van der Waals surface area (Å²) in [7, 11) is 0. The highest BCUT2D eigenvalue weighted by atomic mass is 79.9. The molecule has 1 aromatic carbocycles. The summed E-state index contributed by atoms with van der Waals surface area (Å²) < 4.78 is 5.52. The van der Waals surface area contributed by atoms with Gasteiger partial charge in [0.1, 0.15) is 5.75 Å². The summed E-state index contributed by atoms with van der Waals surface area (Å²) in [6, 6.07) is 4.68. The van der Waals surface area contributed by atoms with Crippen LogP contribution in [0, 0.1) is 10.1 Å². The molecule has 0 saturated carbocycles. The molecule has 1 rings (SSSR count). The lowest BCUT2D eigenvalue weighted by Crippen LogP contribution is -2.00. The minimum absolute atomic E-state index is 0.0659. The number of nitrogens with zero attached hydrogens (tertiary/aromatic N) is 1. The topological polar surface area (TPSA) is 52.4 Å². The van der Waals surface area contributed by atoms with Gasteiger partial charge in [0.25, 0.3) is 5.69 Å². The van der Waals surface area contributed by atoms with Crippen LogP contribution in [0.2, 0.25) is 0 Å². The number of alkyl halides is 1. The van der Waals surface area contributed by atoms with E-state index in [-0.39, 0.29) is 5.69 Å². The molecule has 4 nitrogen and oxygen atoms in total. The molecule has 0 aliphatic heterocycles. The van der Waals surface area contributed by atoms with Gasteiger partial charge in [0.15, 0.2) is 0 Å². The maximum Gasteiger partial charge on any atom is 0.273 e. The Morgan fingerprint density at radius 1 is 1.50 bits per heavy atom. The molecular formula is C11H14BrNO3. The summed E-state index contributed by atoms with van der Waals surface area (Å²) in [6.07, 6.45) is 1.99. The average molecular weight is 288 g/mol. The Bertz CT molecular complexity index is 368. The molecule has 0 heterocycles. The standard InChI is InChI=1S/C11H14BrNO3/c1-2-3-6-16-11-7-10(13(14)15)5-4-9(11)8-12/h4-5,7H,2-3,6,8H2,1H3. The number of rotatable bonds is 6. The zero-order valence-corrected chi connectivity index (χ0v) is 10.7. The average Bonchev–Trinajstić information content (AvgIpc) is 2.29. The number of benzene rings is 1. The largest absolute Gasteiger partial charge is 0.493 e. The van der Waals surface area contributed by atoms with Crippen molar-refractivity contribution in [1.82, 2.24) is 0 Å². The number of hydrogen-bond acceptors (Lipinski definition) is 3. The molecule has 0 unspecified atom stereocenters. The van der Waals surface area contributed by atoms with E-state index >= 15 is 0 Å². The first-order valence-electron chi connectivity index (χ1n) is 5.15. The fourth-order valence-corrected chi connectivity index (χ4v) is 1.69. The molecule has 0 spiro atoms. The van der Waals surface area contributed by atoms with Gasteiger partial charge in [-0.25, -0.2) is 0 Å². The van der Waals surface area contributed by atoms with Gasteiger partial charge in [-0.1, -0.05) is 29.3 Å². The van der Waals surface area contributed by atoms with E-state index in [0.29, 0.717) is 17.7 Å². The van der Waals surface area contributed by atoms with Gasteiger partial charge in [-0.05, 0) is 12.5 Å². The Balaban J connectivity index is 2.84. The summed E-state index contributed by atoms with van der Waals surface area (Å²) in [6.45, 7) is 2.67. The number of non-ortho nitro benzene ring substituents is 1. The normalized spacial score (nSPS) is 10.1. The van der Waals surface area contributed by atoms with Gasteiger partial charge in [0.2, 0.25) is 0 Å². The summed E-state index contributed by atoms with van der Waals surface area (Å²) in [5.41, 5.74) is 0.998. The predicted molar refractivity (Wildman–Crippen MR) is 66.1 cm³/mol. The molecule has 0 aliphatic rings. The maximum absolute atomic E-state index is 10.6. The Morgan fingerprint density at radius 3 is 2.81 bits per heavy atom. The van der Waals surface area contributed by atoms with Crippen LogP contribution < -0.4 is 4.74 Å². The van der Waals surface area contributed by atoms with Crippen LogP contribution >= 0.6 is 15.9 Å². The third-order valence-corrected chi connectivity index (χ3v) is 2.77. The van der Waals surface area contributed by atoms with Gasteiger partial charge in [0, 0.05) is 17.0 Å². The molecule has 0 bridgehead atoms. The number of halogens is 1. The second kappa shape index (κ2) is 6.48. The van der Waals surface area contributed by atoms with Gasteiger partial charge in [-0.15, -0.1) is 0 Å². The second-order valence-electron chi connectivity index (χ2n) is 3.38. The highest BCUT2D eigenvalue weighted by Gasteiger charge is 2.10. The number of hydrogen-bond donors (Lipinski definition) is 0. The summed E-state index contributed by atoms with van der Waals surface area (Å²) in [5.74, 6) is 0.597. The summed E-state index contributed by atoms with van der Waals surface area (Å²) >= 11 is 3.33. The van der Waals surface area contributed by atoms with Crippen molar-refractivity contribution >= 4 is 21.6 Å². The van der Waals surface area contributed by atoms with Crippen molar-refractivity contribution in [3.8, 4) is 5.75 Å². The highest BCUT2D eigenvalue weighted by molar-refractivity contribution is 9.08. The second-order valence-corrected chi connectivity index (χ2v) is 3.95. The third-order valence-electron chi connectivity index (χ3n) is 2.16. The minimum atomic E-state index is -0.412. The Labute approximate surface area is 103 Å². The smallest absolute Gasteiger partial charge is 0.273 e. The van der Waals surface area contributed by atoms with Crippen LogP contribution in [0.5, 0.6) is 5.75 Å². The van der Waals surface area contributed by atoms with Crippen LogP contribution in [-0.4, -0.2) is 11.5 Å². The molecule has 0 N–H and O–H groups in total. The van der Waals surface area contributed by atoms with Crippen molar-refractivity contribution < 1.29 is 9.66 Å². The molecule has 0 saturated heterocycles. The van der Waals surface area contributed by atoms with Crippen LogP contribution in [0.25, 0.3) is 0 Å². The summed E-state index contributed by atoms with van der Waals surface area (Å²) in [5, 5.41) is 11.3. The lowest BCUT2D eigenvalue weighted by atomic mass is 10.2. The molecule has 0 atom stereocenters. The van der Waals surface area contributed by atoms with Crippen molar-refractivity contribution in [1.29, 1.82) is 0 Å². The quantitative estimate of drug-likeness (QED) is 0.347. The fraction of sp³-hybridized carbons (Fsp3) is 0.455. The molecule has 1 aromatic rings. The Morgan fingerprint density at radius 2 is 2.25 bits per heavy atom. The first-order chi connectivity index (χ1) is 7.69. The van der Waals surface area contributed by atoms with Gasteiger partial charge in [-0.3, -0.25) is 10.1 Å². The molecule has 0 radical (unpaired) electrons. The zero-order chi connectivity index (χ0) is 12.0. The monoisotopic (exact) mass is 287 g/mol. The van der Waals surface area contributed by atoms with E-state index in [9.17, 15) is 10.1 Å². The Kier molecular flexibility index (Phi) is 5.25. The minimum Gasteiger partial charge on any atom is -0.493 e. The van der Waals surface area contributed by atoms with Crippen molar-refractivity contribution in [3.63, 3.8) is 0 Å².